The average Bonchev–Trinajstić information content (AvgIpc) is 2.90. The molecule has 2 aromatic heterocycles. The first-order chi connectivity index (χ1) is 10.0. The van der Waals surface area contributed by atoms with Crippen molar-refractivity contribution in [2.24, 2.45) is 5.92 Å². The van der Waals surface area contributed by atoms with Crippen molar-refractivity contribution in [3.05, 3.63) is 44.5 Å². The van der Waals surface area contributed by atoms with E-state index in [4.69, 9.17) is 0 Å². The molecule has 0 atom stereocenters. The Morgan fingerprint density at radius 2 is 2.29 bits per heavy atom. The van der Waals surface area contributed by atoms with Crippen LogP contribution in [0, 0.1) is 5.92 Å². The largest absolute Gasteiger partial charge is 0.350 e. The summed E-state index contributed by atoms with van der Waals surface area (Å²) >= 11 is 1.55. The molecule has 0 aliphatic rings. The lowest BCUT2D eigenvalue weighted by molar-refractivity contribution is 0.0948. The highest BCUT2D eigenvalue weighted by Gasteiger charge is 2.10. The van der Waals surface area contributed by atoms with Gasteiger partial charge in [-0.2, -0.15) is 4.98 Å². The monoisotopic (exact) mass is 306 g/mol. The number of nitrogens with one attached hydrogen (secondary N) is 2. The zero-order chi connectivity index (χ0) is 15.2. The number of nitrogens with zero attached hydrogens (tertiary/aromatic N) is 2. The van der Waals surface area contributed by atoms with Crippen LogP contribution in [-0.2, 0) is 12.8 Å². The van der Waals surface area contributed by atoms with E-state index in [-0.39, 0.29) is 11.6 Å². The molecule has 2 aromatic rings. The maximum atomic E-state index is 12.0. The van der Waals surface area contributed by atoms with Crippen LogP contribution in [0.3, 0.4) is 0 Å². The fourth-order valence-corrected chi connectivity index (χ4v) is 2.54. The van der Waals surface area contributed by atoms with Gasteiger partial charge in [0.2, 0.25) is 0 Å². The molecule has 0 fully saturated rings. The molecule has 0 bridgehead atoms. The molecule has 1 amide bonds. The molecule has 0 spiro atoms. The van der Waals surface area contributed by atoms with Crippen LogP contribution in [0.2, 0.25) is 0 Å². The van der Waals surface area contributed by atoms with Crippen molar-refractivity contribution in [2.75, 3.05) is 6.54 Å². The Labute approximate surface area is 126 Å². The van der Waals surface area contributed by atoms with Gasteiger partial charge in [-0.3, -0.25) is 4.79 Å². The van der Waals surface area contributed by atoms with E-state index in [0.29, 0.717) is 25.3 Å². The molecule has 0 aliphatic carbocycles. The van der Waals surface area contributed by atoms with Crippen LogP contribution in [-0.4, -0.2) is 27.4 Å². The number of H-pyrrole nitrogens is 1. The Morgan fingerprint density at radius 1 is 1.48 bits per heavy atom. The zero-order valence-electron chi connectivity index (χ0n) is 12.0. The van der Waals surface area contributed by atoms with Gasteiger partial charge in [0, 0.05) is 30.2 Å². The number of aromatic nitrogens is 3. The number of hydrogen-bond acceptors (Lipinski definition) is 5. The summed E-state index contributed by atoms with van der Waals surface area (Å²) in [5.74, 6) is 0.0616. The number of carbonyl (C=O) groups is 1. The highest BCUT2D eigenvalue weighted by Crippen LogP contribution is 2.05. The van der Waals surface area contributed by atoms with E-state index in [1.807, 2.05) is 19.2 Å². The van der Waals surface area contributed by atoms with Crippen molar-refractivity contribution < 1.29 is 4.79 Å². The molecule has 6 nitrogen and oxygen atoms in total. The molecule has 2 heterocycles. The third-order valence-corrected chi connectivity index (χ3v) is 3.61. The van der Waals surface area contributed by atoms with Gasteiger partial charge in [-0.05, 0) is 18.4 Å². The summed E-state index contributed by atoms with van der Waals surface area (Å²) in [6.45, 7) is 4.57. The van der Waals surface area contributed by atoms with E-state index >= 15 is 0 Å². The predicted octanol–water partition coefficient (Wildman–Crippen LogP) is 1.40. The predicted molar refractivity (Wildman–Crippen MR) is 81.6 cm³/mol. The summed E-state index contributed by atoms with van der Waals surface area (Å²) in [5.41, 5.74) is 0.404. The Morgan fingerprint density at radius 3 is 2.95 bits per heavy atom. The number of rotatable bonds is 6. The molecular weight excluding hydrogens is 288 g/mol. The minimum absolute atomic E-state index is 0.161. The highest BCUT2D eigenvalue weighted by molar-refractivity contribution is 7.09. The topological polar surface area (TPSA) is 87.7 Å². The summed E-state index contributed by atoms with van der Waals surface area (Å²) in [7, 11) is 0. The van der Waals surface area contributed by atoms with Crippen LogP contribution in [0.4, 0.5) is 0 Å². The normalized spacial score (nSPS) is 10.8. The van der Waals surface area contributed by atoms with Gasteiger partial charge in [0.15, 0.2) is 0 Å². The van der Waals surface area contributed by atoms with E-state index in [1.54, 1.807) is 23.6 Å². The second-order valence-corrected chi connectivity index (χ2v) is 6.11. The third-order valence-electron chi connectivity index (χ3n) is 2.77. The number of aromatic amines is 1. The summed E-state index contributed by atoms with van der Waals surface area (Å²) in [5, 5.41) is 5.62. The van der Waals surface area contributed by atoms with Crippen molar-refractivity contribution in [3.8, 4) is 0 Å². The molecule has 2 rings (SSSR count). The first-order valence-corrected chi connectivity index (χ1v) is 7.69. The molecular formula is C14H18N4O2S. The maximum Gasteiger partial charge on any atom is 0.345 e. The molecule has 0 aromatic carbocycles. The minimum atomic E-state index is -0.488. The Balaban J connectivity index is 1.98. The zero-order valence-corrected chi connectivity index (χ0v) is 12.9. The van der Waals surface area contributed by atoms with Gasteiger partial charge in [-0.1, -0.05) is 13.8 Å². The van der Waals surface area contributed by atoms with Crippen LogP contribution in [0.1, 0.15) is 35.0 Å². The second-order valence-electron chi connectivity index (χ2n) is 5.13. The molecule has 0 saturated carbocycles. The molecule has 0 saturated heterocycles. The summed E-state index contributed by atoms with van der Waals surface area (Å²) in [6, 6.07) is 1.64. The fourth-order valence-electron chi connectivity index (χ4n) is 1.92. The van der Waals surface area contributed by atoms with Crippen LogP contribution in [0.5, 0.6) is 0 Å². The van der Waals surface area contributed by atoms with Crippen LogP contribution in [0.25, 0.3) is 0 Å². The molecule has 7 heteroatoms. The molecule has 0 radical (unpaired) electrons. The Hall–Kier alpha value is -2.02. The number of amides is 1. The van der Waals surface area contributed by atoms with Crippen LogP contribution >= 0.6 is 11.3 Å². The second kappa shape index (κ2) is 7.12. The van der Waals surface area contributed by atoms with Gasteiger partial charge in [-0.15, -0.1) is 11.3 Å². The lowest BCUT2D eigenvalue weighted by atomic mass is 10.1. The molecule has 21 heavy (non-hydrogen) atoms. The average molecular weight is 306 g/mol. The van der Waals surface area contributed by atoms with Crippen LogP contribution in [0.15, 0.2) is 22.4 Å². The van der Waals surface area contributed by atoms with E-state index in [2.05, 4.69) is 20.3 Å². The SMILES string of the molecule is CC(C)Cc1cc(C(=O)NCCc2nccs2)nc(=O)[nH]1. The van der Waals surface area contributed by atoms with E-state index < -0.39 is 5.69 Å². The Kier molecular flexibility index (Phi) is 5.21. The first-order valence-electron chi connectivity index (χ1n) is 6.81. The van der Waals surface area contributed by atoms with Crippen LogP contribution < -0.4 is 11.0 Å². The van der Waals surface area contributed by atoms with Gasteiger partial charge >= 0.3 is 5.69 Å². The van der Waals surface area contributed by atoms with Gasteiger partial charge in [0.1, 0.15) is 5.69 Å². The first kappa shape index (κ1) is 15.4. The van der Waals surface area contributed by atoms with Gasteiger partial charge in [0.05, 0.1) is 5.01 Å². The number of carbonyl (C=O) groups excluding carboxylic acids is 1. The van der Waals surface area contributed by atoms with Crippen molar-refractivity contribution in [1.29, 1.82) is 0 Å². The standard InChI is InChI=1S/C14H18N4O2S/c1-9(2)7-10-8-11(18-14(20)17-10)13(19)16-4-3-12-15-5-6-21-12/h5-6,8-9H,3-4,7H2,1-2H3,(H,16,19)(H,17,18,20). The van der Waals surface area contributed by atoms with E-state index in [9.17, 15) is 9.59 Å². The van der Waals surface area contributed by atoms with Crippen molar-refractivity contribution >= 4 is 17.2 Å². The molecule has 0 aliphatic heterocycles. The Bertz CT molecular complexity index is 649. The van der Waals surface area contributed by atoms with E-state index in [1.165, 1.54) is 0 Å². The maximum absolute atomic E-state index is 12.0. The molecule has 0 unspecified atom stereocenters. The third kappa shape index (κ3) is 4.78. The number of thiazole rings is 1. The van der Waals surface area contributed by atoms with Gasteiger partial charge < -0.3 is 10.3 Å². The number of hydrogen-bond donors (Lipinski definition) is 2. The van der Waals surface area contributed by atoms with Crippen molar-refractivity contribution in [2.45, 2.75) is 26.7 Å². The summed E-state index contributed by atoms with van der Waals surface area (Å²) in [4.78, 5) is 34.0. The molecule has 112 valence electrons. The highest BCUT2D eigenvalue weighted by atomic mass is 32.1. The lowest BCUT2D eigenvalue weighted by Crippen LogP contribution is -2.29. The fraction of sp³-hybridized carbons (Fsp3) is 0.429. The smallest absolute Gasteiger partial charge is 0.345 e. The summed E-state index contributed by atoms with van der Waals surface area (Å²) < 4.78 is 0. The quantitative estimate of drug-likeness (QED) is 0.844. The van der Waals surface area contributed by atoms with E-state index in [0.717, 1.165) is 10.7 Å². The van der Waals surface area contributed by atoms with Gasteiger partial charge in [0.25, 0.3) is 5.91 Å². The lowest BCUT2D eigenvalue weighted by Gasteiger charge is -2.07. The summed E-state index contributed by atoms with van der Waals surface area (Å²) in [6.07, 6.45) is 3.11. The minimum Gasteiger partial charge on any atom is -0.350 e. The van der Waals surface area contributed by atoms with Gasteiger partial charge in [-0.25, -0.2) is 9.78 Å². The van der Waals surface area contributed by atoms with Crippen molar-refractivity contribution in [1.82, 2.24) is 20.3 Å². The van der Waals surface area contributed by atoms with Crippen molar-refractivity contribution in [3.63, 3.8) is 0 Å². The molecule has 2 N–H and O–H groups in total.